The number of piperidine rings is 1. The van der Waals surface area contributed by atoms with Crippen molar-refractivity contribution in [3.8, 4) is 11.5 Å². The minimum Gasteiger partial charge on any atom is -0.457 e. The van der Waals surface area contributed by atoms with Gasteiger partial charge in [0.05, 0.1) is 6.26 Å². The van der Waals surface area contributed by atoms with Crippen molar-refractivity contribution in [2.45, 2.75) is 18.9 Å². The molecule has 2 aromatic rings. The van der Waals surface area contributed by atoms with Gasteiger partial charge in [-0.25, -0.2) is 13.1 Å². The van der Waals surface area contributed by atoms with Crippen LogP contribution in [0.5, 0.6) is 11.5 Å². The summed E-state index contributed by atoms with van der Waals surface area (Å²) in [5.74, 6) is 1.25. The minimum absolute atomic E-state index is 0.0682. The molecule has 0 spiro atoms. The van der Waals surface area contributed by atoms with Gasteiger partial charge in [0.1, 0.15) is 11.5 Å². The number of rotatable bonds is 5. The normalized spacial score (nSPS) is 15.7. The zero-order chi connectivity index (χ0) is 18.6. The van der Waals surface area contributed by atoms with Crippen LogP contribution in [0.15, 0.2) is 54.6 Å². The van der Waals surface area contributed by atoms with Crippen molar-refractivity contribution in [3.63, 3.8) is 0 Å². The lowest BCUT2D eigenvalue weighted by Crippen LogP contribution is -2.46. The molecule has 1 saturated heterocycles. The summed E-state index contributed by atoms with van der Waals surface area (Å²) in [4.78, 5) is 14.5. The van der Waals surface area contributed by atoms with Gasteiger partial charge in [0, 0.05) is 24.7 Å². The van der Waals surface area contributed by atoms with Crippen molar-refractivity contribution >= 4 is 15.9 Å². The number of benzene rings is 2. The number of hydrogen-bond acceptors (Lipinski definition) is 4. The Morgan fingerprint density at radius 1 is 1.04 bits per heavy atom. The number of hydrogen-bond donors (Lipinski definition) is 1. The van der Waals surface area contributed by atoms with Gasteiger partial charge < -0.3 is 9.64 Å². The van der Waals surface area contributed by atoms with E-state index in [1.807, 2.05) is 36.4 Å². The Balaban J connectivity index is 1.63. The first-order valence-electron chi connectivity index (χ1n) is 8.50. The van der Waals surface area contributed by atoms with Crippen molar-refractivity contribution in [1.82, 2.24) is 9.62 Å². The van der Waals surface area contributed by atoms with E-state index >= 15 is 0 Å². The van der Waals surface area contributed by atoms with E-state index < -0.39 is 10.0 Å². The van der Waals surface area contributed by atoms with E-state index in [0.717, 1.165) is 6.26 Å². The van der Waals surface area contributed by atoms with Crippen LogP contribution >= 0.6 is 0 Å². The van der Waals surface area contributed by atoms with Gasteiger partial charge in [-0.3, -0.25) is 4.79 Å². The molecule has 1 N–H and O–H groups in total. The highest BCUT2D eigenvalue weighted by molar-refractivity contribution is 7.88. The summed E-state index contributed by atoms with van der Waals surface area (Å²) in [6.45, 7) is 1.05. The molecule has 7 heteroatoms. The number of likely N-dealkylation sites (tertiary alicyclic amines) is 1. The van der Waals surface area contributed by atoms with Crippen molar-refractivity contribution in [2.24, 2.45) is 0 Å². The van der Waals surface area contributed by atoms with Crippen molar-refractivity contribution in [3.05, 3.63) is 60.2 Å². The van der Waals surface area contributed by atoms with Gasteiger partial charge in [0.15, 0.2) is 0 Å². The molecular weight excluding hydrogens is 352 g/mol. The first kappa shape index (κ1) is 18.4. The molecule has 1 heterocycles. The predicted octanol–water partition coefficient (Wildman–Crippen LogP) is 2.63. The monoisotopic (exact) mass is 374 g/mol. The molecule has 26 heavy (non-hydrogen) atoms. The largest absolute Gasteiger partial charge is 0.457 e. The third kappa shape index (κ3) is 5.06. The summed E-state index contributed by atoms with van der Waals surface area (Å²) in [5, 5.41) is 0. The number of para-hydroxylation sites is 1. The average Bonchev–Trinajstić information content (AvgIpc) is 2.61. The van der Waals surface area contributed by atoms with Crippen molar-refractivity contribution in [2.75, 3.05) is 19.3 Å². The summed E-state index contributed by atoms with van der Waals surface area (Å²) < 4.78 is 31.0. The zero-order valence-corrected chi connectivity index (χ0v) is 15.4. The lowest BCUT2D eigenvalue weighted by atomic mass is 10.0. The first-order chi connectivity index (χ1) is 12.4. The molecule has 0 bridgehead atoms. The van der Waals surface area contributed by atoms with Crippen LogP contribution in [0.3, 0.4) is 0 Å². The average molecular weight is 374 g/mol. The second kappa shape index (κ2) is 7.88. The molecule has 0 aliphatic carbocycles. The molecule has 1 aliphatic heterocycles. The van der Waals surface area contributed by atoms with Crippen LogP contribution < -0.4 is 9.46 Å². The molecule has 0 unspecified atom stereocenters. The Morgan fingerprint density at radius 3 is 2.35 bits per heavy atom. The SMILES string of the molecule is CS(=O)(=O)NC1CCN(C(=O)c2cccc(Oc3ccccc3)c2)CC1. The summed E-state index contributed by atoms with van der Waals surface area (Å²) in [6, 6.07) is 16.4. The van der Waals surface area contributed by atoms with Crippen LogP contribution in [-0.4, -0.2) is 44.6 Å². The number of ether oxygens (including phenoxy) is 1. The fraction of sp³-hybridized carbons (Fsp3) is 0.316. The summed E-state index contributed by atoms with van der Waals surface area (Å²) >= 11 is 0. The standard InChI is InChI=1S/C19H22N2O4S/c1-26(23,24)20-16-10-12-21(13-11-16)19(22)15-6-5-9-18(14-15)25-17-7-3-2-4-8-17/h2-9,14,16,20H,10-13H2,1H3. The molecule has 3 rings (SSSR count). The van der Waals surface area contributed by atoms with Gasteiger partial charge in [0.2, 0.25) is 10.0 Å². The van der Waals surface area contributed by atoms with E-state index in [-0.39, 0.29) is 11.9 Å². The van der Waals surface area contributed by atoms with Crippen molar-refractivity contribution in [1.29, 1.82) is 0 Å². The topological polar surface area (TPSA) is 75.7 Å². The number of nitrogens with one attached hydrogen (secondary N) is 1. The smallest absolute Gasteiger partial charge is 0.253 e. The second-order valence-electron chi connectivity index (χ2n) is 6.40. The number of carbonyl (C=O) groups is 1. The number of sulfonamides is 1. The van der Waals surface area contributed by atoms with Crippen LogP contribution in [0, 0.1) is 0 Å². The van der Waals surface area contributed by atoms with Gasteiger partial charge >= 0.3 is 0 Å². The molecule has 2 aromatic carbocycles. The Bertz CT molecular complexity index is 860. The third-order valence-corrected chi connectivity index (χ3v) is 4.98. The maximum atomic E-state index is 12.7. The zero-order valence-electron chi connectivity index (χ0n) is 14.6. The summed E-state index contributed by atoms with van der Waals surface area (Å²) in [6.07, 6.45) is 2.38. The van der Waals surface area contributed by atoms with E-state index in [0.29, 0.717) is 43.0 Å². The van der Waals surface area contributed by atoms with Gasteiger partial charge in [-0.05, 0) is 43.2 Å². The van der Waals surface area contributed by atoms with E-state index in [2.05, 4.69) is 4.72 Å². The predicted molar refractivity (Wildman–Crippen MR) is 99.9 cm³/mol. The lowest BCUT2D eigenvalue weighted by molar-refractivity contribution is 0.0711. The van der Waals surface area contributed by atoms with Crippen LogP contribution in [0.2, 0.25) is 0 Å². The van der Waals surface area contributed by atoms with Gasteiger partial charge in [-0.1, -0.05) is 24.3 Å². The van der Waals surface area contributed by atoms with Crippen LogP contribution in [0.1, 0.15) is 23.2 Å². The van der Waals surface area contributed by atoms with Crippen LogP contribution in [-0.2, 0) is 10.0 Å². The van der Waals surface area contributed by atoms with E-state index in [1.165, 1.54) is 0 Å². The molecular formula is C19H22N2O4S. The number of carbonyl (C=O) groups excluding carboxylic acids is 1. The highest BCUT2D eigenvalue weighted by Crippen LogP contribution is 2.23. The quantitative estimate of drug-likeness (QED) is 0.873. The van der Waals surface area contributed by atoms with Gasteiger partial charge in [-0.2, -0.15) is 0 Å². The molecule has 0 radical (unpaired) electrons. The Morgan fingerprint density at radius 2 is 1.69 bits per heavy atom. The molecule has 1 fully saturated rings. The number of amides is 1. The summed E-state index contributed by atoms with van der Waals surface area (Å²) in [7, 11) is -3.22. The lowest BCUT2D eigenvalue weighted by Gasteiger charge is -2.32. The molecule has 1 aliphatic rings. The second-order valence-corrected chi connectivity index (χ2v) is 8.18. The molecule has 0 atom stereocenters. The molecule has 0 aromatic heterocycles. The van der Waals surface area contributed by atoms with E-state index in [4.69, 9.17) is 4.74 Å². The molecule has 6 nitrogen and oxygen atoms in total. The minimum atomic E-state index is -3.22. The highest BCUT2D eigenvalue weighted by atomic mass is 32.2. The Hall–Kier alpha value is -2.38. The fourth-order valence-electron chi connectivity index (χ4n) is 3.00. The Kier molecular flexibility index (Phi) is 5.58. The van der Waals surface area contributed by atoms with Crippen molar-refractivity contribution < 1.29 is 17.9 Å². The highest BCUT2D eigenvalue weighted by Gasteiger charge is 2.25. The Labute approximate surface area is 153 Å². The molecule has 0 saturated carbocycles. The fourth-order valence-corrected chi connectivity index (χ4v) is 3.84. The van der Waals surface area contributed by atoms with Crippen LogP contribution in [0.4, 0.5) is 0 Å². The molecule has 1 amide bonds. The van der Waals surface area contributed by atoms with Crippen LogP contribution in [0.25, 0.3) is 0 Å². The maximum absolute atomic E-state index is 12.7. The van der Waals surface area contributed by atoms with Gasteiger partial charge in [0.25, 0.3) is 5.91 Å². The maximum Gasteiger partial charge on any atom is 0.253 e. The first-order valence-corrected chi connectivity index (χ1v) is 10.4. The van der Waals surface area contributed by atoms with E-state index in [9.17, 15) is 13.2 Å². The third-order valence-electron chi connectivity index (χ3n) is 4.22. The molecule has 138 valence electrons. The van der Waals surface area contributed by atoms with E-state index in [1.54, 1.807) is 23.1 Å². The summed E-state index contributed by atoms with van der Waals surface area (Å²) in [5.41, 5.74) is 0.563. The van der Waals surface area contributed by atoms with Gasteiger partial charge in [-0.15, -0.1) is 0 Å². The number of nitrogens with zero attached hydrogens (tertiary/aromatic N) is 1.